The number of morpholine rings is 1. The van der Waals surface area contributed by atoms with E-state index < -0.39 is 5.41 Å². The zero-order chi connectivity index (χ0) is 20.5. The fourth-order valence-electron chi connectivity index (χ4n) is 4.45. The molecule has 1 heterocycles. The minimum absolute atomic E-state index is 0.0356. The lowest BCUT2D eigenvalue weighted by molar-refractivity contribution is -0.128. The van der Waals surface area contributed by atoms with Gasteiger partial charge in [0, 0.05) is 38.3 Å². The van der Waals surface area contributed by atoms with Gasteiger partial charge in [0.25, 0.3) is 0 Å². The molecular weight excluding hydrogens is 366 g/mol. The lowest BCUT2D eigenvalue weighted by Crippen LogP contribution is -2.48. The van der Waals surface area contributed by atoms with Crippen LogP contribution >= 0.6 is 0 Å². The number of benzene rings is 1. The third kappa shape index (κ3) is 5.80. The van der Waals surface area contributed by atoms with Crippen molar-refractivity contribution in [2.24, 2.45) is 0 Å². The predicted molar refractivity (Wildman–Crippen MR) is 115 cm³/mol. The first-order chi connectivity index (χ1) is 14.1. The topological polar surface area (TPSA) is 70.7 Å². The molecule has 2 amide bonds. The number of nitrogens with zero attached hydrogens (tertiary/aromatic N) is 1. The number of rotatable bonds is 8. The average molecular weight is 402 g/mol. The summed E-state index contributed by atoms with van der Waals surface area (Å²) in [5.41, 5.74) is 1.41. The normalized spacial score (nSPS) is 19.5. The Morgan fingerprint density at radius 1 is 1.07 bits per heavy atom. The van der Waals surface area contributed by atoms with Crippen LogP contribution < -0.4 is 10.6 Å². The third-order valence-electron chi connectivity index (χ3n) is 6.16. The van der Waals surface area contributed by atoms with Gasteiger partial charge < -0.3 is 15.4 Å². The van der Waals surface area contributed by atoms with Crippen molar-refractivity contribution in [2.45, 2.75) is 57.3 Å². The Balaban J connectivity index is 1.64. The van der Waals surface area contributed by atoms with Gasteiger partial charge in [-0.2, -0.15) is 0 Å². The lowest BCUT2D eigenvalue weighted by atomic mass is 9.68. The molecule has 2 fully saturated rings. The van der Waals surface area contributed by atoms with Crippen LogP contribution in [-0.4, -0.2) is 56.1 Å². The number of hydrogen-bond acceptors (Lipinski definition) is 4. The zero-order valence-electron chi connectivity index (χ0n) is 17.7. The minimum Gasteiger partial charge on any atom is -0.379 e. The second-order valence-corrected chi connectivity index (χ2v) is 8.23. The highest BCUT2D eigenvalue weighted by Gasteiger charge is 2.40. The first-order valence-corrected chi connectivity index (χ1v) is 11.1. The molecule has 0 bridgehead atoms. The van der Waals surface area contributed by atoms with Crippen LogP contribution in [0.25, 0.3) is 0 Å². The van der Waals surface area contributed by atoms with Gasteiger partial charge in [-0.25, -0.2) is 0 Å². The summed E-state index contributed by atoms with van der Waals surface area (Å²) >= 11 is 0. The highest BCUT2D eigenvalue weighted by Crippen LogP contribution is 2.40. The van der Waals surface area contributed by atoms with Crippen molar-refractivity contribution in [1.82, 2.24) is 10.2 Å². The summed E-state index contributed by atoms with van der Waals surface area (Å²) in [5.74, 6) is 0.182. The maximum absolute atomic E-state index is 13.3. The van der Waals surface area contributed by atoms with Crippen LogP contribution in [0.15, 0.2) is 24.3 Å². The van der Waals surface area contributed by atoms with Crippen LogP contribution in [0.1, 0.15) is 57.4 Å². The molecule has 1 saturated heterocycles. The Hall–Kier alpha value is -1.92. The third-order valence-corrected chi connectivity index (χ3v) is 6.16. The summed E-state index contributed by atoms with van der Waals surface area (Å²) in [6.45, 7) is 6.96. The summed E-state index contributed by atoms with van der Waals surface area (Å²) in [6, 6.07) is 7.91. The second kappa shape index (κ2) is 10.7. The summed E-state index contributed by atoms with van der Waals surface area (Å²) in [6.07, 6.45) is 6.47. The maximum Gasteiger partial charge on any atom is 0.230 e. The molecular formula is C23H35N3O3. The Morgan fingerprint density at radius 3 is 2.41 bits per heavy atom. The van der Waals surface area contributed by atoms with E-state index in [1.165, 1.54) is 6.42 Å². The molecule has 2 aliphatic rings. The molecule has 0 radical (unpaired) electrons. The van der Waals surface area contributed by atoms with Gasteiger partial charge in [-0.15, -0.1) is 0 Å². The predicted octanol–water partition coefficient (Wildman–Crippen LogP) is 3.08. The lowest BCUT2D eigenvalue weighted by Gasteiger charge is -2.37. The number of nitrogens with one attached hydrogen (secondary N) is 2. The zero-order valence-corrected chi connectivity index (χ0v) is 17.7. The number of hydrogen-bond donors (Lipinski definition) is 2. The van der Waals surface area contributed by atoms with Gasteiger partial charge in [-0.1, -0.05) is 38.3 Å². The average Bonchev–Trinajstić information content (AvgIpc) is 2.75. The van der Waals surface area contributed by atoms with E-state index in [2.05, 4.69) is 15.5 Å². The van der Waals surface area contributed by atoms with E-state index in [-0.39, 0.29) is 11.8 Å². The molecule has 1 aliphatic carbocycles. The molecule has 0 spiro atoms. The van der Waals surface area contributed by atoms with Crippen LogP contribution in [0.4, 0.5) is 5.69 Å². The van der Waals surface area contributed by atoms with E-state index in [4.69, 9.17) is 4.74 Å². The molecule has 2 N–H and O–H groups in total. The molecule has 160 valence electrons. The standard InChI is InChI=1S/C23H35N3O3/c1-2-6-21(27)25-20-9-7-19(8-10-20)23(11-4-3-5-12-23)22(28)24-13-14-26-15-17-29-18-16-26/h7-10H,2-6,11-18H2,1H3,(H,24,28)(H,25,27). The molecule has 1 aromatic rings. The number of ether oxygens (including phenoxy) is 1. The van der Waals surface area contributed by atoms with E-state index in [1.54, 1.807) is 0 Å². The van der Waals surface area contributed by atoms with Gasteiger partial charge >= 0.3 is 0 Å². The van der Waals surface area contributed by atoms with Crippen molar-refractivity contribution in [2.75, 3.05) is 44.7 Å². The monoisotopic (exact) mass is 401 g/mol. The highest BCUT2D eigenvalue weighted by molar-refractivity contribution is 5.91. The second-order valence-electron chi connectivity index (χ2n) is 8.23. The molecule has 1 aromatic carbocycles. The van der Waals surface area contributed by atoms with Crippen molar-refractivity contribution in [3.63, 3.8) is 0 Å². The number of amides is 2. The van der Waals surface area contributed by atoms with Gasteiger partial charge in [0.1, 0.15) is 0 Å². The van der Waals surface area contributed by atoms with Gasteiger partial charge in [0.2, 0.25) is 11.8 Å². The Labute approximate surface area is 174 Å². The van der Waals surface area contributed by atoms with Crippen molar-refractivity contribution in [3.8, 4) is 0 Å². The largest absolute Gasteiger partial charge is 0.379 e. The Bertz CT molecular complexity index is 662. The van der Waals surface area contributed by atoms with E-state index >= 15 is 0 Å². The van der Waals surface area contributed by atoms with Crippen molar-refractivity contribution in [1.29, 1.82) is 0 Å². The fraction of sp³-hybridized carbons (Fsp3) is 0.652. The van der Waals surface area contributed by atoms with E-state index in [0.717, 1.165) is 76.2 Å². The summed E-state index contributed by atoms with van der Waals surface area (Å²) in [5, 5.41) is 6.14. The van der Waals surface area contributed by atoms with Gasteiger partial charge in [0.05, 0.1) is 18.6 Å². The molecule has 6 nitrogen and oxygen atoms in total. The SMILES string of the molecule is CCCC(=O)Nc1ccc(C2(C(=O)NCCN3CCOCC3)CCCCC2)cc1. The fourth-order valence-corrected chi connectivity index (χ4v) is 4.45. The molecule has 0 unspecified atom stereocenters. The number of anilines is 1. The maximum atomic E-state index is 13.3. The highest BCUT2D eigenvalue weighted by atomic mass is 16.5. The van der Waals surface area contributed by atoms with Crippen LogP contribution in [0.2, 0.25) is 0 Å². The Morgan fingerprint density at radius 2 is 1.76 bits per heavy atom. The molecule has 1 saturated carbocycles. The van der Waals surface area contributed by atoms with Crippen molar-refractivity contribution in [3.05, 3.63) is 29.8 Å². The van der Waals surface area contributed by atoms with Crippen molar-refractivity contribution < 1.29 is 14.3 Å². The quantitative estimate of drug-likeness (QED) is 0.702. The van der Waals surface area contributed by atoms with Gasteiger partial charge in [-0.05, 0) is 37.0 Å². The Kier molecular flexibility index (Phi) is 8.07. The molecule has 6 heteroatoms. The summed E-state index contributed by atoms with van der Waals surface area (Å²) in [4.78, 5) is 27.5. The molecule has 0 aromatic heterocycles. The molecule has 3 rings (SSSR count). The summed E-state index contributed by atoms with van der Waals surface area (Å²) in [7, 11) is 0. The van der Waals surface area contributed by atoms with Crippen LogP contribution in [0.5, 0.6) is 0 Å². The smallest absolute Gasteiger partial charge is 0.230 e. The van der Waals surface area contributed by atoms with Gasteiger partial charge in [0.15, 0.2) is 0 Å². The minimum atomic E-state index is -0.449. The molecule has 0 atom stereocenters. The first-order valence-electron chi connectivity index (χ1n) is 11.1. The summed E-state index contributed by atoms with van der Waals surface area (Å²) < 4.78 is 5.39. The van der Waals surface area contributed by atoms with Gasteiger partial charge in [-0.3, -0.25) is 14.5 Å². The van der Waals surface area contributed by atoms with Crippen LogP contribution in [-0.2, 0) is 19.7 Å². The molecule has 29 heavy (non-hydrogen) atoms. The van der Waals surface area contributed by atoms with Crippen LogP contribution in [0, 0.1) is 0 Å². The first kappa shape index (κ1) is 21.8. The number of carbonyl (C=O) groups is 2. The van der Waals surface area contributed by atoms with E-state index in [0.29, 0.717) is 13.0 Å². The van der Waals surface area contributed by atoms with Crippen LogP contribution in [0.3, 0.4) is 0 Å². The van der Waals surface area contributed by atoms with E-state index in [9.17, 15) is 9.59 Å². The number of carbonyl (C=O) groups excluding carboxylic acids is 2. The van der Waals surface area contributed by atoms with Crippen molar-refractivity contribution >= 4 is 17.5 Å². The van der Waals surface area contributed by atoms with E-state index in [1.807, 2.05) is 31.2 Å². The molecule has 1 aliphatic heterocycles.